The number of hydrogen-bond acceptors (Lipinski definition) is 6. The van der Waals surface area contributed by atoms with Crippen LogP contribution < -0.4 is 10.9 Å². The van der Waals surface area contributed by atoms with E-state index in [2.05, 4.69) is 10.9 Å². The fraction of sp³-hybridized carbons (Fsp3) is 0.143. The first-order valence-corrected chi connectivity index (χ1v) is 3.91. The van der Waals surface area contributed by atoms with Gasteiger partial charge in [-0.2, -0.15) is 0 Å². The molecule has 8 heteroatoms. The minimum Gasteiger partial charge on any atom is -0.321 e. The Morgan fingerprint density at radius 2 is 1.53 bits per heavy atom. The summed E-state index contributed by atoms with van der Waals surface area (Å²) in [6, 6.07) is 3.30. The zero-order valence-corrected chi connectivity index (χ0v) is 7.76. The van der Waals surface area contributed by atoms with Crippen LogP contribution in [0, 0.1) is 20.2 Å². The maximum absolute atomic E-state index is 10.5. The van der Waals surface area contributed by atoms with Gasteiger partial charge in [-0.15, -0.1) is 0 Å². The van der Waals surface area contributed by atoms with Crippen LogP contribution in [0.25, 0.3) is 0 Å². The van der Waals surface area contributed by atoms with E-state index in [0.29, 0.717) is 0 Å². The van der Waals surface area contributed by atoms with Gasteiger partial charge in [0.1, 0.15) is 0 Å². The fourth-order valence-electron chi connectivity index (χ4n) is 1.02. The molecule has 1 aromatic rings. The fourth-order valence-corrected chi connectivity index (χ4v) is 1.02. The number of anilines is 1. The second-order valence-electron chi connectivity index (χ2n) is 2.63. The Balaban J connectivity index is 3.19. The predicted octanol–water partition coefficient (Wildman–Crippen LogP) is 1.05. The van der Waals surface area contributed by atoms with Gasteiger partial charge in [-0.25, -0.2) is 5.43 Å². The number of non-ortho nitro benzene ring substituents is 2. The normalized spacial score (nSPS) is 9.67. The van der Waals surface area contributed by atoms with Crippen LogP contribution in [0.1, 0.15) is 0 Å². The summed E-state index contributed by atoms with van der Waals surface area (Å²) in [6.45, 7) is 0. The van der Waals surface area contributed by atoms with Gasteiger partial charge >= 0.3 is 0 Å². The van der Waals surface area contributed by atoms with Crippen LogP contribution in [0.15, 0.2) is 18.2 Å². The van der Waals surface area contributed by atoms with Gasteiger partial charge in [-0.3, -0.25) is 20.2 Å². The first kappa shape index (κ1) is 10.9. The summed E-state index contributed by atoms with van der Waals surface area (Å²) in [5, 5.41) is 20.9. The van der Waals surface area contributed by atoms with Gasteiger partial charge in [0.05, 0.1) is 21.6 Å². The van der Waals surface area contributed by atoms with E-state index in [0.717, 1.165) is 6.07 Å². The van der Waals surface area contributed by atoms with Crippen LogP contribution in [-0.2, 0) is 0 Å². The number of nitro groups is 2. The highest BCUT2D eigenvalue weighted by molar-refractivity contribution is 5.58. The quantitative estimate of drug-likeness (QED) is 0.570. The number of hydrazine groups is 1. The van der Waals surface area contributed by atoms with Gasteiger partial charge in [0, 0.05) is 19.2 Å². The molecule has 0 aliphatic heterocycles. The Labute approximate surface area is 84.2 Å². The van der Waals surface area contributed by atoms with E-state index in [1.165, 1.54) is 12.1 Å². The molecule has 0 aliphatic rings. The highest BCUT2D eigenvalue weighted by Gasteiger charge is 2.15. The van der Waals surface area contributed by atoms with Gasteiger partial charge in [0.25, 0.3) is 11.4 Å². The topological polar surface area (TPSA) is 110 Å². The third-order valence-corrected chi connectivity index (χ3v) is 1.59. The minimum absolute atomic E-state index is 0.262. The number of benzene rings is 1. The van der Waals surface area contributed by atoms with E-state index in [-0.39, 0.29) is 17.1 Å². The summed E-state index contributed by atoms with van der Waals surface area (Å²) in [5.74, 6) is 0. The van der Waals surface area contributed by atoms with E-state index in [1.54, 1.807) is 7.05 Å². The molecule has 15 heavy (non-hydrogen) atoms. The molecular formula is C7H8N4O4. The van der Waals surface area contributed by atoms with Crippen LogP contribution in [0.5, 0.6) is 0 Å². The van der Waals surface area contributed by atoms with E-state index in [9.17, 15) is 20.2 Å². The maximum Gasteiger partial charge on any atom is 0.278 e. The number of rotatable bonds is 4. The zero-order valence-electron chi connectivity index (χ0n) is 7.76. The molecule has 1 aromatic carbocycles. The van der Waals surface area contributed by atoms with Gasteiger partial charge in [0.2, 0.25) is 0 Å². The molecule has 0 bridgehead atoms. The smallest absolute Gasteiger partial charge is 0.278 e. The van der Waals surface area contributed by atoms with Crippen molar-refractivity contribution in [3.8, 4) is 0 Å². The minimum atomic E-state index is -0.687. The van der Waals surface area contributed by atoms with Crippen LogP contribution in [0.3, 0.4) is 0 Å². The summed E-state index contributed by atoms with van der Waals surface area (Å²) in [7, 11) is 1.55. The summed E-state index contributed by atoms with van der Waals surface area (Å²) in [5.41, 5.74) is 4.66. The first-order chi connectivity index (χ1) is 7.04. The van der Waals surface area contributed by atoms with Crippen molar-refractivity contribution in [2.75, 3.05) is 12.5 Å². The predicted molar refractivity (Wildman–Crippen MR) is 52.4 cm³/mol. The van der Waals surface area contributed by atoms with Crippen LogP contribution in [0.4, 0.5) is 17.1 Å². The van der Waals surface area contributed by atoms with Crippen LogP contribution in [0.2, 0.25) is 0 Å². The molecule has 0 heterocycles. The Morgan fingerprint density at radius 1 is 1.07 bits per heavy atom. The molecule has 8 nitrogen and oxygen atoms in total. The molecule has 0 radical (unpaired) electrons. The molecule has 0 fully saturated rings. The molecule has 0 unspecified atom stereocenters. The van der Waals surface area contributed by atoms with Crippen molar-refractivity contribution >= 4 is 17.1 Å². The molecular weight excluding hydrogens is 204 g/mol. The van der Waals surface area contributed by atoms with E-state index >= 15 is 0 Å². The number of nitro benzene ring substituents is 2. The first-order valence-electron chi connectivity index (χ1n) is 3.91. The highest BCUT2D eigenvalue weighted by Crippen LogP contribution is 2.25. The second kappa shape index (κ2) is 4.33. The molecule has 0 amide bonds. The maximum atomic E-state index is 10.5. The molecule has 0 saturated heterocycles. The van der Waals surface area contributed by atoms with Crippen molar-refractivity contribution in [3.05, 3.63) is 38.4 Å². The Hall–Kier alpha value is -2.22. The SMILES string of the molecule is CNNc1cc([N+](=O)[O-])cc([N+](=O)[O-])c1. The standard InChI is InChI=1S/C7H8N4O4/c1-8-9-5-2-6(10(12)13)4-7(3-5)11(14)15/h2-4,8-9H,1H3. The third kappa shape index (κ3) is 2.61. The van der Waals surface area contributed by atoms with Crippen LogP contribution in [-0.4, -0.2) is 16.9 Å². The summed E-state index contributed by atoms with van der Waals surface area (Å²) in [6.07, 6.45) is 0. The average Bonchev–Trinajstić information content (AvgIpc) is 2.17. The third-order valence-electron chi connectivity index (χ3n) is 1.59. The monoisotopic (exact) mass is 212 g/mol. The van der Waals surface area contributed by atoms with E-state index < -0.39 is 9.85 Å². The van der Waals surface area contributed by atoms with Gasteiger partial charge in [0.15, 0.2) is 0 Å². The Bertz CT molecular complexity index is 374. The summed E-state index contributed by atoms with van der Waals surface area (Å²) >= 11 is 0. The Kier molecular flexibility index (Phi) is 3.13. The van der Waals surface area contributed by atoms with Crippen molar-refractivity contribution in [2.24, 2.45) is 0 Å². The van der Waals surface area contributed by atoms with Crippen molar-refractivity contribution in [3.63, 3.8) is 0 Å². The summed E-state index contributed by atoms with van der Waals surface area (Å²) in [4.78, 5) is 19.6. The van der Waals surface area contributed by atoms with Gasteiger partial charge in [-0.1, -0.05) is 0 Å². The van der Waals surface area contributed by atoms with Crippen LogP contribution >= 0.6 is 0 Å². The molecule has 0 spiro atoms. The molecule has 0 atom stereocenters. The molecule has 1 rings (SSSR count). The Morgan fingerprint density at radius 3 is 1.87 bits per heavy atom. The van der Waals surface area contributed by atoms with E-state index in [1.807, 2.05) is 0 Å². The van der Waals surface area contributed by atoms with Crippen molar-refractivity contribution in [2.45, 2.75) is 0 Å². The van der Waals surface area contributed by atoms with Gasteiger partial charge < -0.3 is 5.43 Å². The molecule has 2 N–H and O–H groups in total. The van der Waals surface area contributed by atoms with Crippen molar-refractivity contribution in [1.29, 1.82) is 0 Å². The zero-order chi connectivity index (χ0) is 11.4. The largest absolute Gasteiger partial charge is 0.321 e. The summed E-state index contributed by atoms with van der Waals surface area (Å²) < 4.78 is 0. The number of nitrogens with zero attached hydrogens (tertiary/aromatic N) is 2. The van der Waals surface area contributed by atoms with E-state index in [4.69, 9.17) is 0 Å². The number of hydrogen-bond donors (Lipinski definition) is 2. The lowest BCUT2D eigenvalue weighted by atomic mass is 10.2. The van der Waals surface area contributed by atoms with Crippen molar-refractivity contribution in [1.82, 2.24) is 5.43 Å². The molecule has 0 aliphatic carbocycles. The highest BCUT2D eigenvalue weighted by atomic mass is 16.6. The lowest BCUT2D eigenvalue weighted by Crippen LogP contribution is -2.15. The lowest BCUT2D eigenvalue weighted by Gasteiger charge is -2.03. The second-order valence-corrected chi connectivity index (χ2v) is 2.63. The average molecular weight is 212 g/mol. The lowest BCUT2D eigenvalue weighted by molar-refractivity contribution is -0.394. The molecule has 80 valence electrons. The van der Waals surface area contributed by atoms with Crippen molar-refractivity contribution < 1.29 is 9.85 Å². The number of nitrogens with one attached hydrogen (secondary N) is 2. The molecule has 0 aromatic heterocycles. The molecule has 0 saturated carbocycles. The van der Waals surface area contributed by atoms with Gasteiger partial charge in [-0.05, 0) is 0 Å².